The second kappa shape index (κ2) is 10.3. The largest absolute Gasteiger partial charge is 0.456 e. The summed E-state index contributed by atoms with van der Waals surface area (Å²) in [7, 11) is -3.96. The molecule has 176 valence electrons. The maximum absolute atomic E-state index is 13.2. The molecule has 8 nitrogen and oxygen atoms in total. The molecule has 10 heteroatoms. The molecule has 0 unspecified atom stereocenters. The Morgan fingerprint density at radius 2 is 1.85 bits per heavy atom. The molecule has 0 atom stereocenters. The molecule has 0 radical (unpaired) electrons. The van der Waals surface area contributed by atoms with E-state index in [2.05, 4.69) is 0 Å². The third kappa shape index (κ3) is 5.77. The van der Waals surface area contributed by atoms with Crippen molar-refractivity contribution in [1.82, 2.24) is 9.03 Å². The summed E-state index contributed by atoms with van der Waals surface area (Å²) in [6.45, 7) is -0.377. The van der Waals surface area contributed by atoms with Crippen LogP contribution in [0.25, 0.3) is 0 Å². The van der Waals surface area contributed by atoms with Crippen molar-refractivity contribution in [2.75, 3.05) is 6.54 Å². The van der Waals surface area contributed by atoms with Crippen LogP contribution in [0, 0.1) is 0 Å². The maximum Gasteiger partial charge on any atom is 0.338 e. The van der Waals surface area contributed by atoms with Crippen molar-refractivity contribution >= 4 is 39.2 Å². The number of amides is 1. The maximum atomic E-state index is 13.2. The zero-order valence-corrected chi connectivity index (χ0v) is 19.7. The lowest BCUT2D eigenvalue weighted by atomic mass is 9.96. The first-order valence-electron chi connectivity index (χ1n) is 10.5. The number of ether oxygens (including phenoxy) is 1. The van der Waals surface area contributed by atoms with E-state index in [9.17, 15) is 22.8 Å². The van der Waals surface area contributed by atoms with Gasteiger partial charge in [0, 0.05) is 23.4 Å². The highest BCUT2D eigenvalue weighted by molar-refractivity contribution is 7.88. The fraction of sp³-hybridized carbons (Fsp3) is 0.208. The number of nitrogens with zero attached hydrogens (tertiary/aromatic N) is 1. The Balaban J connectivity index is 1.57. The van der Waals surface area contributed by atoms with E-state index in [1.54, 1.807) is 0 Å². The summed E-state index contributed by atoms with van der Waals surface area (Å²) < 4.78 is 32.6. The van der Waals surface area contributed by atoms with Gasteiger partial charge >= 0.3 is 16.2 Å². The van der Waals surface area contributed by atoms with Crippen LogP contribution in [0.1, 0.15) is 43.1 Å². The van der Waals surface area contributed by atoms with Crippen molar-refractivity contribution in [3.63, 3.8) is 0 Å². The summed E-state index contributed by atoms with van der Waals surface area (Å²) in [5, 5.41) is 1.88. The molecule has 1 aliphatic rings. The number of carbonyl (C=O) groups is 3. The molecule has 1 fully saturated rings. The molecule has 1 N–H and O–H groups in total. The average molecular weight is 499 g/mol. The number of carbonyl (C=O) groups excluding carboxylic acids is 3. The molecule has 1 amide bonds. The van der Waals surface area contributed by atoms with Gasteiger partial charge in [0.2, 0.25) is 5.91 Å². The van der Waals surface area contributed by atoms with Gasteiger partial charge in [-0.05, 0) is 41.1 Å². The monoisotopic (exact) mass is 498 g/mol. The van der Waals surface area contributed by atoms with Crippen molar-refractivity contribution in [3.05, 3.63) is 93.2 Å². The fourth-order valence-corrected chi connectivity index (χ4v) is 5.26. The van der Waals surface area contributed by atoms with Crippen molar-refractivity contribution in [3.8, 4) is 0 Å². The highest BCUT2D eigenvalue weighted by Gasteiger charge is 2.34. The molecule has 4 rings (SSSR count). The zero-order chi connectivity index (χ0) is 24.1. The predicted octanol–water partition coefficient (Wildman–Crippen LogP) is 3.10. The van der Waals surface area contributed by atoms with Crippen LogP contribution in [-0.4, -0.2) is 36.9 Å². The van der Waals surface area contributed by atoms with Crippen LogP contribution in [0.2, 0.25) is 0 Å². The molecule has 1 saturated heterocycles. The first-order valence-corrected chi connectivity index (χ1v) is 12.8. The predicted molar refractivity (Wildman–Crippen MR) is 126 cm³/mol. The van der Waals surface area contributed by atoms with Crippen LogP contribution in [-0.2, 0) is 39.3 Å². The Kier molecular flexibility index (Phi) is 7.20. The summed E-state index contributed by atoms with van der Waals surface area (Å²) in [6, 6.07) is 17.7. The molecule has 2 aromatic carbocycles. The van der Waals surface area contributed by atoms with E-state index in [-0.39, 0.29) is 43.0 Å². The first-order chi connectivity index (χ1) is 16.3. The number of aryl methyl sites for hydroxylation is 1. The highest BCUT2D eigenvalue weighted by atomic mass is 32.2. The minimum Gasteiger partial charge on any atom is -0.456 e. The molecule has 1 aliphatic heterocycles. The smallest absolute Gasteiger partial charge is 0.338 e. The van der Waals surface area contributed by atoms with Gasteiger partial charge < -0.3 is 4.74 Å². The van der Waals surface area contributed by atoms with Crippen LogP contribution in [0.15, 0.2) is 66.0 Å². The lowest BCUT2D eigenvalue weighted by molar-refractivity contribution is -0.118. The minimum absolute atomic E-state index is 0.120. The third-order valence-electron chi connectivity index (χ3n) is 5.30. The number of thiophene rings is 1. The zero-order valence-electron chi connectivity index (χ0n) is 18.1. The van der Waals surface area contributed by atoms with E-state index >= 15 is 0 Å². The topological polar surface area (TPSA) is 110 Å². The molecule has 34 heavy (non-hydrogen) atoms. The standard InChI is InChI=1S/C24H22N2O6S2/c27-22(11-8-17-5-2-1-3-6-17)21-13-18(24(29)32-16-20-7-4-12-33-20)9-10-19(21)14-26-15-23(28)25-34(26,30)31/h1-7,9-10,12-13H,8,11,14-16H2,(H,25,28). The summed E-state index contributed by atoms with van der Waals surface area (Å²) in [4.78, 5) is 38.2. The Hall–Kier alpha value is -3.34. The van der Waals surface area contributed by atoms with E-state index < -0.39 is 22.1 Å². The van der Waals surface area contributed by atoms with Gasteiger partial charge in [-0.25, -0.2) is 9.52 Å². The Labute approximate surface area is 201 Å². The van der Waals surface area contributed by atoms with Crippen molar-refractivity contribution in [2.45, 2.75) is 26.0 Å². The van der Waals surface area contributed by atoms with Crippen molar-refractivity contribution < 1.29 is 27.5 Å². The molecule has 0 saturated carbocycles. The van der Waals surface area contributed by atoms with Gasteiger partial charge in [-0.15, -0.1) is 11.3 Å². The van der Waals surface area contributed by atoms with Crippen LogP contribution >= 0.6 is 11.3 Å². The van der Waals surface area contributed by atoms with Gasteiger partial charge in [0.05, 0.1) is 12.1 Å². The molecule has 0 spiro atoms. The second-order valence-electron chi connectivity index (χ2n) is 7.73. The minimum atomic E-state index is -3.96. The van der Waals surface area contributed by atoms with E-state index in [0.717, 1.165) is 14.7 Å². The lowest BCUT2D eigenvalue weighted by Crippen LogP contribution is -2.30. The number of nitrogens with one attached hydrogen (secondary N) is 1. The lowest BCUT2D eigenvalue weighted by Gasteiger charge is -2.16. The first kappa shape index (κ1) is 23.8. The molecule has 1 aromatic heterocycles. The summed E-state index contributed by atoms with van der Waals surface area (Å²) in [5.74, 6) is -1.45. The summed E-state index contributed by atoms with van der Waals surface area (Å²) in [5.41, 5.74) is 1.83. The highest BCUT2D eigenvalue weighted by Crippen LogP contribution is 2.21. The molecule has 2 heterocycles. The van der Waals surface area contributed by atoms with Gasteiger partial charge in [-0.1, -0.05) is 42.5 Å². The van der Waals surface area contributed by atoms with Crippen LogP contribution in [0.3, 0.4) is 0 Å². The van der Waals surface area contributed by atoms with E-state index in [1.165, 1.54) is 29.5 Å². The number of esters is 1. The summed E-state index contributed by atoms with van der Waals surface area (Å²) in [6.07, 6.45) is 0.670. The molecule has 3 aromatic rings. The Bertz CT molecular complexity index is 1300. The average Bonchev–Trinajstić information content (AvgIpc) is 3.43. The van der Waals surface area contributed by atoms with Crippen molar-refractivity contribution in [1.29, 1.82) is 0 Å². The number of Topliss-reactive ketones (excluding diaryl/α,β-unsaturated/α-hetero) is 1. The third-order valence-corrected chi connectivity index (χ3v) is 7.58. The molecule has 0 bridgehead atoms. The second-order valence-corrected chi connectivity index (χ2v) is 10.4. The molecular weight excluding hydrogens is 476 g/mol. The number of ketones is 1. The molecule has 0 aliphatic carbocycles. The molecular formula is C24H22N2O6S2. The van der Waals surface area contributed by atoms with Gasteiger partial charge in [-0.3, -0.25) is 9.59 Å². The van der Waals surface area contributed by atoms with Crippen molar-refractivity contribution in [2.24, 2.45) is 0 Å². The van der Waals surface area contributed by atoms with Crippen LogP contribution in [0.5, 0.6) is 0 Å². The SMILES string of the molecule is O=C1CN(Cc2ccc(C(=O)OCc3cccs3)cc2C(=O)CCc2ccccc2)S(=O)(=O)N1. The summed E-state index contributed by atoms with van der Waals surface area (Å²) >= 11 is 1.47. The number of hydrogen-bond acceptors (Lipinski definition) is 7. The fourth-order valence-electron chi connectivity index (χ4n) is 3.57. The Morgan fingerprint density at radius 1 is 1.06 bits per heavy atom. The quantitative estimate of drug-likeness (QED) is 0.359. The van der Waals surface area contributed by atoms with E-state index in [1.807, 2.05) is 52.6 Å². The number of benzene rings is 2. The van der Waals surface area contributed by atoms with E-state index in [4.69, 9.17) is 4.74 Å². The number of hydrogen-bond donors (Lipinski definition) is 1. The van der Waals surface area contributed by atoms with Crippen LogP contribution in [0.4, 0.5) is 0 Å². The van der Waals surface area contributed by atoms with Gasteiger partial charge in [-0.2, -0.15) is 12.7 Å². The van der Waals surface area contributed by atoms with Gasteiger partial charge in [0.25, 0.3) is 0 Å². The normalized spacial score (nSPS) is 15.1. The number of rotatable bonds is 9. The van der Waals surface area contributed by atoms with Gasteiger partial charge in [0.15, 0.2) is 5.78 Å². The Morgan fingerprint density at radius 3 is 2.53 bits per heavy atom. The van der Waals surface area contributed by atoms with E-state index in [0.29, 0.717) is 12.0 Å². The van der Waals surface area contributed by atoms with Crippen LogP contribution < -0.4 is 4.72 Å². The van der Waals surface area contributed by atoms with Gasteiger partial charge in [0.1, 0.15) is 6.61 Å².